The van der Waals surface area contributed by atoms with Gasteiger partial charge in [0.1, 0.15) is 5.75 Å². The fourth-order valence-electron chi connectivity index (χ4n) is 2.62. The highest BCUT2D eigenvalue weighted by Crippen LogP contribution is 2.40. The van der Waals surface area contributed by atoms with Crippen LogP contribution in [0.1, 0.15) is 39.5 Å². The van der Waals surface area contributed by atoms with E-state index in [1.807, 2.05) is 0 Å². The number of anilines is 1. The van der Waals surface area contributed by atoms with Gasteiger partial charge in [0.2, 0.25) is 0 Å². The van der Waals surface area contributed by atoms with Crippen molar-refractivity contribution in [2.75, 3.05) is 44.4 Å². The number of ether oxygens (including phenoxy) is 3. The number of hydrogen-bond acceptors (Lipinski definition) is 6. The molecule has 0 aromatic heterocycles. The van der Waals surface area contributed by atoms with Crippen LogP contribution in [0.2, 0.25) is 0 Å². The van der Waals surface area contributed by atoms with Gasteiger partial charge in [0.25, 0.3) is 0 Å². The third kappa shape index (κ3) is 5.49. The zero-order valence-electron chi connectivity index (χ0n) is 15.2. The summed E-state index contributed by atoms with van der Waals surface area (Å²) in [6.45, 7) is 7.89. The van der Waals surface area contributed by atoms with Gasteiger partial charge in [-0.05, 0) is 12.8 Å². The van der Waals surface area contributed by atoms with Gasteiger partial charge in [-0.25, -0.2) is 0 Å². The number of hydrogen-bond donors (Lipinski definition) is 0. The molecule has 0 saturated carbocycles. The Labute approximate surface area is 149 Å². The molecule has 2 rings (SSSR count). The molecular weight excluding hydrogens is 324 g/mol. The maximum Gasteiger partial charge on any atom is 0.314 e. The van der Waals surface area contributed by atoms with E-state index in [9.17, 15) is 10.1 Å². The summed E-state index contributed by atoms with van der Waals surface area (Å²) in [5, 5.41) is 11.5. The summed E-state index contributed by atoms with van der Waals surface area (Å²) in [6, 6.07) is 3.25. The molecule has 1 aromatic rings. The van der Waals surface area contributed by atoms with E-state index in [2.05, 4.69) is 18.7 Å². The molecule has 7 heteroatoms. The summed E-state index contributed by atoms with van der Waals surface area (Å²) < 4.78 is 17.0. The lowest BCUT2D eigenvalue weighted by molar-refractivity contribution is -0.385. The third-order valence-corrected chi connectivity index (χ3v) is 4.10. The zero-order valence-corrected chi connectivity index (χ0v) is 15.2. The van der Waals surface area contributed by atoms with Gasteiger partial charge in [-0.15, -0.1) is 0 Å². The predicted octanol–water partition coefficient (Wildman–Crippen LogP) is 3.79. The van der Waals surface area contributed by atoms with E-state index in [-0.39, 0.29) is 5.69 Å². The average Bonchev–Trinajstić information content (AvgIpc) is 2.63. The summed E-state index contributed by atoms with van der Waals surface area (Å²) in [5.74, 6) is 0.854. The van der Waals surface area contributed by atoms with Crippen molar-refractivity contribution < 1.29 is 19.1 Å². The number of rotatable bonds is 10. The van der Waals surface area contributed by atoms with Crippen molar-refractivity contribution in [3.8, 4) is 11.5 Å². The molecule has 1 heterocycles. The maximum absolute atomic E-state index is 11.5. The van der Waals surface area contributed by atoms with Gasteiger partial charge in [-0.1, -0.05) is 26.7 Å². The van der Waals surface area contributed by atoms with Crippen molar-refractivity contribution in [2.24, 2.45) is 0 Å². The lowest BCUT2D eigenvalue weighted by Crippen LogP contribution is -2.36. The highest BCUT2D eigenvalue weighted by Gasteiger charge is 2.24. The quantitative estimate of drug-likeness (QED) is 0.362. The largest absolute Gasteiger partial charge is 0.491 e. The van der Waals surface area contributed by atoms with Crippen LogP contribution in [0.3, 0.4) is 0 Å². The molecule has 0 aliphatic carbocycles. The number of benzene rings is 1. The first kappa shape index (κ1) is 19.3. The Morgan fingerprint density at radius 1 is 1.08 bits per heavy atom. The summed E-state index contributed by atoms with van der Waals surface area (Å²) in [7, 11) is 0. The predicted molar refractivity (Wildman–Crippen MR) is 96.9 cm³/mol. The van der Waals surface area contributed by atoms with Crippen molar-refractivity contribution in [3.05, 3.63) is 22.2 Å². The Balaban J connectivity index is 2.32. The summed E-state index contributed by atoms with van der Waals surface area (Å²) in [5.41, 5.74) is 0.802. The molecule has 0 N–H and O–H groups in total. The molecule has 0 unspecified atom stereocenters. The van der Waals surface area contributed by atoms with Crippen LogP contribution in [0.4, 0.5) is 11.4 Å². The molecule has 0 atom stereocenters. The van der Waals surface area contributed by atoms with Crippen LogP contribution < -0.4 is 14.4 Å². The zero-order chi connectivity index (χ0) is 18.1. The van der Waals surface area contributed by atoms with E-state index in [1.54, 1.807) is 6.07 Å². The van der Waals surface area contributed by atoms with Crippen LogP contribution in [-0.2, 0) is 4.74 Å². The summed E-state index contributed by atoms with van der Waals surface area (Å²) in [4.78, 5) is 13.2. The fourth-order valence-corrected chi connectivity index (χ4v) is 2.62. The van der Waals surface area contributed by atoms with E-state index in [0.29, 0.717) is 37.9 Å². The molecule has 25 heavy (non-hydrogen) atoms. The highest BCUT2D eigenvalue weighted by atomic mass is 16.6. The first-order valence-corrected chi connectivity index (χ1v) is 9.08. The summed E-state index contributed by atoms with van der Waals surface area (Å²) >= 11 is 0. The number of morpholine rings is 1. The molecule has 0 radical (unpaired) electrons. The van der Waals surface area contributed by atoms with Crippen LogP contribution in [-0.4, -0.2) is 44.4 Å². The molecule has 1 fully saturated rings. The Kier molecular flexibility index (Phi) is 7.78. The van der Waals surface area contributed by atoms with E-state index in [4.69, 9.17) is 14.2 Å². The molecule has 140 valence electrons. The SMILES string of the molecule is CCCCOc1cc([N+](=O)[O-])c(OCCCC)cc1N1CCOCC1. The van der Waals surface area contributed by atoms with Crippen molar-refractivity contribution in [2.45, 2.75) is 39.5 Å². The second-order valence-electron chi connectivity index (χ2n) is 6.05. The van der Waals surface area contributed by atoms with Crippen LogP contribution in [0.15, 0.2) is 12.1 Å². The minimum Gasteiger partial charge on any atom is -0.491 e. The van der Waals surface area contributed by atoms with Crippen molar-refractivity contribution >= 4 is 11.4 Å². The maximum atomic E-state index is 11.5. The minimum atomic E-state index is -0.406. The van der Waals surface area contributed by atoms with Crippen LogP contribution in [0, 0.1) is 10.1 Å². The Morgan fingerprint density at radius 2 is 1.68 bits per heavy atom. The molecule has 0 spiro atoms. The second-order valence-corrected chi connectivity index (χ2v) is 6.05. The van der Waals surface area contributed by atoms with Crippen LogP contribution in [0.25, 0.3) is 0 Å². The minimum absolute atomic E-state index is 0.0420. The fraction of sp³-hybridized carbons (Fsp3) is 0.667. The molecule has 1 aliphatic rings. The normalized spacial score (nSPS) is 14.4. The molecule has 1 aliphatic heterocycles. The molecule has 0 amide bonds. The second kappa shape index (κ2) is 10.1. The van der Waals surface area contributed by atoms with Gasteiger partial charge >= 0.3 is 5.69 Å². The number of unbranched alkanes of at least 4 members (excludes halogenated alkanes) is 2. The molecule has 7 nitrogen and oxygen atoms in total. The lowest BCUT2D eigenvalue weighted by Gasteiger charge is -2.30. The van der Waals surface area contributed by atoms with Crippen molar-refractivity contribution in [3.63, 3.8) is 0 Å². The van der Waals surface area contributed by atoms with Gasteiger partial charge < -0.3 is 19.1 Å². The number of nitrogens with zero attached hydrogens (tertiary/aromatic N) is 2. The van der Waals surface area contributed by atoms with Gasteiger partial charge in [-0.2, -0.15) is 0 Å². The van der Waals surface area contributed by atoms with Gasteiger partial charge in [-0.3, -0.25) is 10.1 Å². The smallest absolute Gasteiger partial charge is 0.314 e. The van der Waals surface area contributed by atoms with Gasteiger partial charge in [0.05, 0.1) is 43.1 Å². The first-order chi connectivity index (χ1) is 12.2. The standard InChI is InChI=1S/C18H28N2O5/c1-3-5-9-24-17-14-16(20(21)22)18(25-10-6-4-2)13-15(17)19-7-11-23-12-8-19/h13-14H,3-12H2,1-2H3. The van der Waals surface area contributed by atoms with Crippen molar-refractivity contribution in [1.29, 1.82) is 0 Å². The highest BCUT2D eigenvalue weighted by molar-refractivity contribution is 5.68. The average molecular weight is 352 g/mol. The number of nitro benzene ring substituents is 1. The van der Waals surface area contributed by atoms with Gasteiger partial charge in [0.15, 0.2) is 5.75 Å². The third-order valence-electron chi connectivity index (χ3n) is 4.10. The van der Waals surface area contributed by atoms with E-state index >= 15 is 0 Å². The Bertz CT molecular complexity index is 559. The van der Waals surface area contributed by atoms with Crippen LogP contribution >= 0.6 is 0 Å². The molecule has 1 saturated heterocycles. The van der Waals surface area contributed by atoms with Crippen LogP contribution in [0.5, 0.6) is 11.5 Å². The van der Waals surface area contributed by atoms with Gasteiger partial charge in [0, 0.05) is 19.2 Å². The van der Waals surface area contributed by atoms with E-state index < -0.39 is 4.92 Å². The molecule has 1 aromatic carbocycles. The Hall–Kier alpha value is -2.02. The first-order valence-electron chi connectivity index (χ1n) is 9.08. The topological polar surface area (TPSA) is 74.1 Å². The van der Waals surface area contributed by atoms with E-state index in [0.717, 1.165) is 44.5 Å². The molecular formula is C18H28N2O5. The lowest BCUT2D eigenvalue weighted by atomic mass is 10.2. The number of nitro groups is 1. The monoisotopic (exact) mass is 352 g/mol. The Morgan fingerprint density at radius 3 is 2.24 bits per heavy atom. The molecule has 0 bridgehead atoms. The van der Waals surface area contributed by atoms with E-state index in [1.165, 1.54) is 6.07 Å². The summed E-state index contributed by atoms with van der Waals surface area (Å²) in [6.07, 6.45) is 3.75. The van der Waals surface area contributed by atoms with Crippen molar-refractivity contribution in [1.82, 2.24) is 0 Å².